The van der Waals surface area contributed by atoms with Gasteiger partial charge in [0.15, 0.2) is 0 Å². The fourth-order valence-electron chi connectivity index (χ4n) is 4.07. The summed E-state index contributed by atoms with van der Waals surface area (Å²) in [7, 11) is 0. The van der Waals surface area contributed by atoms with Crippen LogP contribution in [-0.2, 0) is 17.8 Å². The van der Waals surface area contributed by atoms with Crippen molar-refractivity contribution < 1.29 is 4.79 Å². The molecule has 4 nitrogen and oxygen atoms in total. The molecule has 1 aromatic heterocycles. The van der Waals surface area contributed by atoms with Crippen LogP contribution in [0.5, 0.6) is 0 Å². The number of fused-ring (bicyclic) bond motifs is 1. The maximum absolute atomic E-state index is 12.9. The molecular formula is C21H32ClN3O. The summed E-state index contributed by atoms with van der Waals surface area (Å²) in [5, 5.41) is 1.24. The molecule has 144 valence electrons. The maximum atomic E-state index is 12.9. The Hall–Kier alpha value is -1.52. The van der Waals surface area contributed by atoms with Gasteiger partial charge in [-0.05, 0) is 57.6 Å². The van der Waals surface area contributed by atoms with E-state index in [-0.39, 0.29) is 24.4 Å². The predicted molar refractivity (Wildman–Crippen MR) is 111 cm³/mol. The molecular weight excluding hydrogens is 346 g/mol. The first-order chi connectivity index (χ1) is 12.0. The summed E-state index contributed by atoms with van der Waals surface area (Å²) in [6.45, 7) is 7.75. The van der Waals surface area contributed by atoms with E-state index in [1.165, 1.54) is 23.1 Å². The van der Waals surface area contributed by atoms with Crippen molar-refractivity contribution in [2.75, 3.05) is 6.54 Å². The van der Waals surface area contributed by atoms with Gasteiger partial charge in [0, 0.05) is 35.2 Å². The third-order valence-corrected chi connectivity index (χ3v) is 5.77. The lowest BCUT2D eigenvalue weighted by molar-refractivity contribution is -0.135. The van der Waals surface area contributed by atoms with Gasteiger partial charge >= 0.3 is 0 Å². The van der Waals surface area contributed by atoms with E-state index in [2.05, 4.69) is 54.5 Å². The molecule has 26 heavy (non-hydrogen) atoms. The highest BCUT2D eigenvalue weighted by atomic mass is 35.5. The van der Waals surface area contributed by atoms with Crippen molar-refractivity contribution in [2.45, 2.75) is 71.5 Å². The van der Waals surface area contributed by atoms with E-state index in [0.29, 0.717) is 12.6 Å². The molecule has 0 spiro atoms. The number of carbonyl (C=O) groups excluding carboxylic acids is 1. The molecule has 1 amide bonds. The molecule has 0 saturated carbocycles. The van der Waals surface area contributed by atoms with E-state index in [9.17, 15) is 4.79 Å². The number of piperidine rings is 1. The Morgan fingerprint density at radius 3 is 2.73 bits per heavy atom. The summed E-state index contributed by atoms with van der Waals surface area (Å²) < 4.78 is 2.19. The molecule has 0 aliphatic carbocycles. The lowest BCUT2D eigenvalue weighted by Crippen LogP contribution is -2.43. The molecule has 5 heteroatoms. The average molecular weight is 378 g/mol. The fraction of sp³-hybridized carbons (Fsp3) is 0.571. The molecule has 1 fully saturated rings. The molecule has 0 radical (unpaired) electrons. The largest absolute Gasteiger partial charge is 0.338 e. The number of nitrogens with two attached hydrogens (primary N) is 1. The number of benzene rings is 1. The number of rotatable bonds is 5. The topological polar surface area (TPSA) is 51.3 Å². The van der Waals surface area contributed by atoms with E-state index in [0.717, 1.165) is 37.7 Å². The third-order valence-electron chi connectivity index (χ3n) is 5.77. The normalized spacial score (nSPS) is 18.6. The van der Waals surface area contributed by atoms with Gasteiger partial charge in [-0.1, -0.05) is 25.1 Å². The number of para-hydroxylation sites is 1. The SMILES string of the molecule is CCC(N)Cc1c(C)n(CC(=O)N2CCCCC2C)c2ccccc12.Cl. The standard InChI is InChI=1S/C21H31N3O.ClH/c1-4-17(22)13-19-16(3)24(20-11-6-5-10-18(19)20)14-21(25)23-12-8-7-9-15(23)2;/h5-6,10-11,15,17H,4,7-9,12-14,22H2,1-3H3;1H. The van der Waals surface area contributed by atoms with Gasteiger partial charge in [-0.15, -0.1) is 12.4 Å². The van der Waals surface area contributed by atoms with Crippen molar-refractivity contribution in [3.63, 3.8) is 0 Å². The third kappa shape index (κ3) is 4.07. The Morgan fingerprint density at radius 2 is 2.04 bits per heavy atom. The minimum atomic E-state index is 0. The zero-order valence-electron chi connectivity index (χ0n) is 16.2. The van der Waals surface area contributed by atoms with Gasteiger partial charge < -0.3 is 15.2 Å². The summed E-state index contributed by atoms with van der Waals surface area (Å²) in [6, 6.07) is 8.92. The molecule has 1 saturated heterocycles. The van der Waals surface area contributed by atoms with Crippen molar-refractivity contribution >= 4 is 29.2 Å². The van der Waals surface area contributed by atoms with Crippen LogP contribution in [0.25, 0.3) is 10.9 Å². The zero-order chi connectivity index (χ0) is 18.0. The van der Waals surface area contributed by atoms with Crippen LogP contribution in [-0.4, -0.2) is 34.0 Å². The number of amides is 1. The van der Waals surface area contributed by atoms with Crippen LogP contribution in [0.4, 0.5) is 0 Å². The summed E-state index contributed by atoms with van der Waals surface area (Å²) >= 11 is 0. The number of aromatic nitrogens is 1. The smallest absolute Gasteiger partial charge is 0.242 e. The fourth-order valence-corrected chi connectivity index (χ4v) is 4.07. The molecule has 2 N–H and O–H groups in total. The van der Waals surface area contributed by atoms with Crippen molar-refractivity contribution in [3.05, 3.63) is 35.5 Å². The molecule has 1 aliphatic rings. The Kier molecular flexibility index (Phi) is 7.13. The van der Waals surface area contributed by atoms with E-state index >= 15 is 0 Å². The molecule has 3 rings (SSSR count). The summed E-state index contributed by atoms with van der Waals surface area (Å²) in [5.41, 5.74) is 9.85. The van der Waals surface area contributed by atoms with Crippen LogP contribution in [0.15, 0.2) is 24.3 Å². The highest BCUT2D eigenvalue weighted by molar-refractivity contribution is 5.87. The van der Waals surface area contributed by atoms with Crippen molar-refractivity contribution in [3.8, 4) is 0 Å². The quantitative estimate of drug-likeness (QED) is 0.854. The van der Waals surface area contributed by atoms with Gasteiger partial charge in [0.05, 0.1) is 0 Å². The number of hydrogen-bond acceptors (Lipinski definition) is 2. The van der Waals surface area contributed by atoms with Crippen LogP contribution >= 0.6 is 12.4 Å². The number of carbonyl (C=O) groups is 1. The second-order valence-corrected chi connectivity index (χ2v) is 7.47. The molecule has 2 unspecified atom stereocenters. The van der Waals surface area contributed by atoms with E-state index < -0.39 is 0 Å². The van der Waals surface area contributed by atoms with E-state index in [4.69, 9.17) is 5.73 Å². The van der Waals surface area contributed by atoms with Crippen molar-refractivity contribution in [2.24, 2.45) is 5.73 Å². The number of likely N-dealkylation sites (tertiary alicyclic amines) is 1. The minimum absolute atomic E-state index is 0. The van der Waals surface area contributed by atoms with Crippen LogP contribution < -0.4 is 5.73 Å². The van der Waals surface area contributed by atoms with Crippen LogP contribution in [0, 0.1) is 6.92 Å². The monoisotopic (exact) mass is 377 g/mol. The van der Waals surface area contributed by atoms with Gasteiger partial charge in [-0.25, -0.2) is 0 Å². The Balaban J connectivity index is 0.00000243. The van der Waals surface area contributed by atoms with Gasteiger partial charge in [-0.3, -0.25) is 4.79 Å². The summed E-state index contributed by atoms with van der Waals surface area (Å²) in [5.74, 6) is 0.238. The lowest BCUT2D eigenvalue weighted by atomic mass is 10.0. The van der Waals surface area contributed by atoms with Gasteiger partial charge in [0.1, 0.15) is 6.54 Å². The average Bonchev–Trinajstić information content (AvgIpc) is 2.88. The number of nitrogens with zero attached hydrogens (tertiary/aromatic N) is 2. The van der Waals surface area contributed by atoms with Crippen molar-refractivity contribution in [1.82, 2.24) is 9.47 Å². The first-order valence-corrected chi connectivity index (χ1v) is 9.64. The second-order valence-electron chi connectivity index (χ2n) is 7.47. The highest BCUT2D eigenvalue weighted by Crippen LogP contribution is 2.28. The maximum Gasteiger partial charge on any atom is 0.242 e. The Bertz CT molecular complexity index is 755. The summed E-state index contributed by atoms with van der Waals surface area (Å²) in [6.07, 6.45) is 5.30. The second kappa shape index (κ2) is 8.92. The highest BCUT2D eigenvalue weighted by Gasteiger charge is 2.25. The van der Waals surface area contributed by atoms with E-state index in [1.54, 1.807) is 0 Å². The van der Waals surface area contributed by atoms with Crippen LogP contribution in [0.2, 0.25) is 0 Å². The van der Waals surface area contributed by atoms with Crippen LogP contribution in [0.1, 0.15) is 50.8 Å². The first kappa shape index (κ1) is 20.8. The molecule has 2 aromatic rings. The Labute approximate surface area is 163 Å². The van der Waals surface area contributed by atoms with Crippen molar-refractivity contribution in [1.29, 1.82) is 0 Å². The molecule has 2 heterocycles. The van der Waals surface area contributed by atoms with Gasteiger partial charge in [-0.2, -0.15) is 0 Å². The van der Waals surface area contributed by atoms with E-state index in [1.807, 2.05) is 0 Å². The minimum Gasteiger partial charge on any atom is -0.338 e. The lowest BCUT2D eigenvalue weighted by Gasteiger charge is -2.33. The predicted octanol–water partition coefficient (Wildman–Crippen LogP) is 4.05. The molecule has 2 atom stereocenters. The first-order valence-electron chi connectivity index (χ1n) is 9.64. The van der Waals surface area contributed by atoms with Crippen LogP contribution in [0.3, 0.4) is 0 Å². The van der Waals surface area contributed by atoms with Gasteiger partial charge in [0.2, 0.25) is 5.91 Å². The summed E-state index contributed by atoms with van der Waals surface area (Å²) in [4.78, 5) is 15.0. The molecule has 0 bridgehead atoms. The Morgan fingerprint density at radius 1 is 1.31 bits per heavy atom. The number of halogens is 1. The molecule has 1 aromatic carbocycles. The van der Waals surface area contributed by atoms with Gasteiger partial charge in [0.25, 0.3) is 0 Å². The molecule has 1 aliphatic heterocycles. The zero-order valence-corrected chi connectivity index (χ0v) is 17.0. The number of hydrogen-bond donors (Lipinski definition) is 1.